The first-order chi connectivity index (χ1) is 9.44. The second kappa shape index (κ2) is 7.76. The van der Waals surface area contributed by atoms with Gasteiger partial charge in [-0.3, -0.25) is 0 Å². The summed E-state index contributed by atoms with van der Waals surface area (Å²) in [5.74, 6) is 0.120. The molecule has 1 aromatic rings. The lowest BCUT2D eigenvalue weighted by Crippen LogP contribution is -2.31. The van der Waals surface area contributed by atoms with Crippen molar-refractivity contribution in [2.45, 2.75) is 50.6 Å². The van der Waals surface area contributed by atoms with Crippen molar-refractivity contribution in [3.8, 4) is 0 Å². The molecule has 0 aliphatic heterocycles. The predicted molar refractivity (Wildman–Crippen MR) is 81.5 cm³/mol. The van der Waals surface area contributed by atoms with Crippen molar-refractivity contribution < 1.29 is 13.5 Å². The quantitative estimate of drug-likeness (QED) is 0.773. The average molecular weight is 299 g/mol. The van der Waals surface area contributed by atoms with Crippen LogP contribution < -0.4 is 5.32 Å². The summed E-state index contributed by atoms with van der Waals surface area (Å²) < 4.78 is 23.5. The number of aliphatic hydroxyl groups excluding tert-OH is 1. The van der Waals surface area contributed by atoms with Crippen LogP contribution in [0, 0.1) is 0 Å². The van der Waals surface area contributed by atoms with Crippen LogP contribution in [0.5, 0.6) is 0 Å². The number of hydrogen-bond donors (Lipinski definition) is 2. The van der Waals surface area contributed by atoms with Gasteiger partial charge in [0.05, 0.1) is 10.6 Å². The van der Waals surface area contributed by atoms with Gasteiger partial charge in [-0.05, 0) is 37.5 Å². The average Bonchev–Trinajstić information content (AvgIpc) is 2.46. The summed E-state index contributed by atoms with van der Waals surface area (Å²) in [6.45, 7) is 5.94. The second-order valence-corrected chi connectivity index (χ2v) is 7.26. The predicted octanol–water partition coefficient (Wildman–Crippen LogP) is 2.29. The van der Waals surface area contributed by atoms with E-state index in [1.807, 2.05) is 19.1 Å². The van der Waals surface area contributed by atoms with Gasteiger partial charge in [-0.25, -0.2) is 8.42 Å². The van der Waals surface area contributed by atoms with Crippen molar-refractivity contribution in [3.05, 3.63) is 29.8 Å². The van der Waals surface area contributed by atoms with Crippen LogP contribution in [0.2, 0.25) is 0 Å². The zero-order valence-electron chi connectivity index (χ0n) is 12.5. The molecule has 0 fully saturated rings. The highest BCUT2D eigenvalue weighted by atomic mass is 32.2. The monoisotopic (exact) mass is 299 g/mol. The number of benzene rings is 1. The molecule has 0 heterocycles. The first kappa shape index (κ1) is 17.1. The first-order valence-corrected chi connectivity index (χ1v) is 8.79. The number of aliphatic hydroxyl groups is 1. The highest BCUT2D eigenvalue weighted by Crippen LogP contribution is 2.18. The first-order valence-electron chi connectivity index (χ1n) is 7.14. The molecular formula is C15H25NO3S. The summed E-state index contributed by atoms with van der Waals surface area (Å²) >= 11 is 0. The molecule has 0 saturated heterocycles. The maximum atomic E-state index is 11.7. The summed E-state index contributed by atoms with van der Waals surface area (Å²) in [5, 5.41) is 12.4. The van der Waals surface area contributed by atoms with E-state index >= 15 is 0 Å². The summed E-state index contributed by atoms with van der Waals surface area (Å²) in [7, 11) is -3.13. The zero-order chi connectivity index (χ0) is 15.2. The van der Waals surface area contributed by atoms with Crippen molar-refractivity contribution in [2.75, 3.05) is 12.4 Å². The van der Waals surface area contributed by atoms with E-state index in [2.05, 4.69) is 12.2 Å². The maximum absolute atomic E-state index is 11.7. The molecule has 20 heavy (non-hydrogen) atoms. The van der Waals surface area contributed by atoms with Gasteiger partial charge in [0.25, 0.3) is 0 Å². The molecule has 1 rings (SSSR count). The van der Waals surface area contributed by atoms with Gasteiger partial charge in [0.1, 0.15) is 0 Å². The van der Waals surface area contributed by atoms with Gasteiger partial charge in [-0.2, -0.15) is 0 Å². The van der Waals surface area contributed by atoms with E-state index in [1.165, 1.54) is 0 Å². The Hall–Kier alpha value is -0.910. The van der Waals surface area contributed by atoms with Crippen molar-refractivity contribution in [3.63, 3.8) is 0 Å². The van der Waals surface area contributed by atoms with Gasteiger partial charge < -0.3 is 10.4 Å². The van der Waals surface area contributed by atoms with Crippen LogP contribution in [-0.2, 0) is 9.84 Å². The van der Waals surface area contributed by atoms with Crippen molar-refractivity contribution >= 4 is 9.84 Å². The Labute approximate surface area is 122 Å². The van der Waals surface area contributed by atoms with Gasteiger partial charge >= 0.3 is 0 Å². The Morgan fingerprint density at radius 2 is 1.80 bits per heavy atom. The molecule has 0 aliphatic rings. The number of hydrogen-bond acceptors (Lipinski definition) is 4. The van der Waals surface area contributed by atoms with Crippen molar-refractivity contribution in [1.29, 1.82) is 0 Å². The van der Waals surface area contributed by atoms with E-state index in [9.17, 15) is 8.42 Å². The molecule has 0 spiro atoms. The Morgan fingerprint density at radius 1 is 1.20 bits per heavy atom. The third-order valence-corrected chi connectivity index (χ3v) is 5.33. The minimum absolute atomic E-state index is 0.120. The van der Waals surface area contributed by atoms with E-state index in [0.717, 1.165) is 18.4 Å². The lowest BCUT2D eigenvalue weighted by Gasteiger charge is -2.22. The molecule has 0 aromatic heterocycles. The molecule has 0 saturated carbocycles. The van der Waals surface area contributed by atoms with Crippen molar-refractivity contribution in [1.82, 2.24) is 5.32 Å². The molecule has 4 nitrogen and oxygen atoms in total. The summed E-state index contributed by atoms with van der Waals surface area (Å²) in [6.07, 6.45) is 1.68. The minimum Gasteiger partial charge on any atom is -0.396 e. The Balaban J connectivity index is 2.78. The van der Waals surface area contributed by atoms with E-state index in [1.54, 1.807) is 19.1 Å². The van der Waals surface area contributed by atoms with Gasteiger partial charge in [-0.15, -0.1) is 0 Å². The van der Waals surface area contributed by atoms with E-state index < -0.39 is 9.84 Å². The van der Waals surface area contributed by atoms with Crippen LogP contribution >= 0.6 is 0 Å². The van der Waals surface area contributed by atoms with Crippen LogP contribution in [0.25, 0.3) is 0 Å². The SMILES string of the molecule is CCC(CCO)NC(C)c1ccc(S(=O)(=O)CC)cc1. The Morgan fingerprint density at radius 3 is 2.25 bits per heavy atom. The highest BCUT2D eigenvalue weighted by Gasteiger charge is 2.14. The smallest absolute Gasteiger partial charge is 0.178 e. The molecule has 1 aromatic carbocycles. The molecule has 114 valence electrons. The summed E-state index contributed by atoms with van der Waals surface area (Å²) in [4.78, 5) is 0.373. The molecule has 2 N–H and O–H groups in total. The molecule has 5 heteroatoms. The topological polar surface area (TPSA) is 66.4 Å². The number of nitrogens with one attached hydrogen (secondary N) is 1. The van der Waals surface area contributed by atoms with E-state index in [-0.39, 0.29) is 24.4 Å². The van der Waals surface area contributed by atoms with Gasteiger partial charge in [0.2, 0.25) is 0 Å². The van der Waals surface area contributed by atoms with Crippen LogP contribution in [0.15, 0.2) is 29.2 Å². The standard InChI is InChI=1S/C15H25NO3S/c1-4-14(10-11-17)16-12(3)13-6-8-15(9-7-13)20(18,19)5-2/h6-9,12,14,16-17H,4-5,10-11H2,1-3H3. The second-order valence-electron chi connectivity index (χ2n) is 4.98. The molecule has 0 amide bonds. The Bertz CT molecular complexity index is 496. The lowest BCUT2D eigenvalue weighted by molar-refractivity contribution is 0.257. The normalized spacial score (nSPS) is 15.0. The van der Waals surface area contributed by atoms with Crippen LogP contribution in [0.4, 0.5) is 0 Å². The van der Waals surface area contributed by atoms with Gasteiger partial charge in [0, 0.05) is 18.7 Å². The Kier molecular flexibility index (Phi) is 6.65. The molecular weight excluding hydrogens is 274 g/mol. The largest absolute Gasteiger partial charge is 0.396 e. The van der Waals surface area contributed by atoms with E-state index in [4.69, 9.17) is 5.11 Å². The number of sulfone groups is 1. The lowest BCUT2D eigenvalue weighted by atomic mass is 10.1. The fourth-order valence-electron chi connectivity index (χ4n) is 2.14. The minimum atomic E-state index is -3.13. The van der Waals surface area contributed by atoms with Crippen LogP contribution in [-0.4, -0.2) is 31.9 Å². The number of rotatable bonds is 8. The molecule has 0 aliphatic carbocycles. The third-order valence-electron chi connectivity index (χ3n) is 3.58. The van der Waals surface area contributed by atoms with Gasteiger partial charge in [0.15, 0.2) is 9.84 Å². The fraction of sp³-hybridized carbons (Fsp3) is 0.600. The summed E-state index contributed by atoms with van der Waals surface area (Å²) in [5.41, 5.74) is 1.05. The zero-order valence-corrected chi connectivity index (χ0v) is 13.3. The third kappa shape index (κ3) is 4.58. The van der Waals surface area contributed by atoms with Gasteiger partial charge in [-0.1, -0.05) is 26.0 Å². The van der Waals surface area contributed by atoms with Crippen LogP contribution in [0.3, 0.4) is 0 Å². The fourth-order valence-corrected chi connectivity index (χ4v) is 3.03. The molecule has 0 bridgehead atoms. The molecule has 2 unspecified atom stereocenters. The molecule has 0 radical (unpaired) electrons. The van der Waals surface area contributed by atoms with Crippen LogP contribution in [0.1, 0.15) is 45.2 Å². The van der Waals surface area contributed by atoms with Crippen molar-refractivity contribution in [2.24, 2.45) is 0 Å². The summed E-state index contributed by atoms with van der Waals surface area (Å²) in [6, 6.07) is 7.44. The van der Waals surface area contributed by atoms with E-state index in [0.29, 0.717) is 4.90 Å². The molecule has 2 atom stereocenters. The maximum Gasteiger partial charge on any atom is 0.178 e. The highest BCUT2D eigenvalue weighted by molar-refractivity contribution is 7.91.